The number of carbonyl (C=O) groups excluding carboxylic acids is 1. The van der Waals surface area contributed by atoms with Gasteiger partial charge in [-0.1, -0.05) is 0 Å². The molecular formula is C10H8F3N3OS. The highest BCUT2D eigenvalue weighted by Gasteiger charge is 2.43. The number of rotatable bonds is 0. The normalized spacial score (nSPS) is 15.1. The molecule has 96 valence electrons. The van der Waals surface area contributed by atoms with Crippen LogP contribution in [-0.2, 0) is 17.8 Å². The van der Waals surface area contributed by atoms with E-state index in [-0.39, 0.29) is 19.5 Å². The number of hydrogen-bond donors (Lipinski definition) is 1. The smallest absolute Gasteiger partial charge is 0.389 e. The lowest BCUT2D eigenvalue weighted by molar-refractivity contribution is -0.186. The predicted molar refractivity (Wildman–Crippen MR) is 58.6 cm³/mol. The minimum atomic E-state index is -4.86. The molecule has 1 aromatic heterocycles. The van der Waals surface area contributed by atoms with Crippen molar-refractivity contribution in [2.24, 2.45) is 0 Å². The van der Waals surface area contributed by atoms with Crippen molar-refractivity contribution in [1.29, 1.82) is 5.26 Å². The monoisotopic (exact) mass is 275 g/mol. The van der Waals surface area contributed by atoms with E-state index in [2.05, 4.69) is 0 Å². The van der Waals surface area contributed by atoms with E-state index >= 15 is 0 Å². The quantitative estimate of drug-likeness (QED) is 0.782. The van der Waals surface area contributed by atoms with Gasteiger partial charge in [0.05, 0.1) is 12.1 Å². The van der Waals surface area contributed by atoms with Crippen molar-refractivity contribution < 1.29 is 18.0 Å². The molecular weight excluding hydrogens is 267 g/mol. The first-order valence-corrected chi connectivity index (χ1v) is 5.82. The molecule has 0 aromatic carbocycles. The lowest BCUT2D eigenvalue weighted by Gasteiger charge is -2.27. The van der Waals surface area contributed by atoms with E-state index in [4.69, 9.17) is 11.0 Å². The van der Waals surface area contributed by atoms with Crippen molar-refractivity contribution in [1.82, 2.24) is 4.90 Å². The van der Waals surface area contributed by atoms with E-state index < -0.39 is 12.1 Å². The van der Waals surface area contributed by atoms with Gasteiger partial charge in [0.1, 0.15) is 11.1 Å². The summed E-state index contributed by atoms with van der Waals surface area (Å²) in [5.41, 5.74) is 6.61. The summed E-state index contributed by atoms with van der Waals surface area (Å²) in [4.78, 5) is 12.4. The van der Waals surface area contributed by atoms with Crippen LogP contribution < -0.4 is 5.73 Å². The molecule has 0 bridgehead atoms. The van der Waals surface area contributed by atoms with E-state index in [1.165, 1.54) is 0 Å². The van der Waals surface area contributed by atoms with Crippen LogP contribution in [0, 0.1) is 11.3 Å². The van der Waals surface area contributed by atoms with Crippen molar-refractivity contribution in [3.63, 3.8) is 0 Å². The van der Waals surface area contributed by atoms with Crippen molar-refractivity contribution in [3.8, 4) is 6.07 Å². The van der Waals surface area contributed by atoms with Crippen LogP contribution in [0.1, 0.15) is 16.0 Å². The Bertz CT molecular complexity index is 544. The molecule has 0 fully saturated rings. The largest absolute Gasteiger partial charge is 0.471 e. The van der Waals surface area contributed by atoms with Crippen LogP contribution in [0.4, 0.5) is 18.2 Å². The van der Waals surface area contributed by atoms with Gasteiger partial charge >= 0.3 is 12.1 Å². The third-order valence-electron chi connectivity index (χ3n) is 2.73. The number of amides is 1. The Hall–Kier alpha value is -1.75. The second-order valence-corrected chi connectivity index (χ2v) is 4.97. The molecule has 4 nitrogen and oxygen atoms in total. The topological polar surface area (TPSA) is 70.1 Å². The highest BCUT2D eigenvalue weighted by Crippen LogP contribution is 2.35. The number of anilines is 1. The summed E-state index contributed by atoms with van der Waals surface area (Å²) >= 11 is 1.07. The van der Waals surface area contributed by atoms with Crippen LogP contribution in [-0.4, -0.2) is 23.5 Å². The molecule has 1 aliphatic rings. The first-order chi connectivity index (χ1) is 8.34. The molecule has 18 heavy (non-hydrogen) atoms. The fourth-order valence-corrected chi connectivity index (χ4v) is 2.98. The van der Waals surface area contributed by atoms with Gasteiger partial charge in [0.25, 0.3) is 0 Å². The van der Waals surface area contributed by atoms with Crippen LogP contribution in [0.3, 0.4) is 0 Å². The first kappa shape index (κ1) is 12.7. The van der Waals surface area contributed by atoms with E-state index in [9.17, 15) is 18.0 Å². The average molecular weight is 275 g/mol. The fourth-order valence-electron chi connectivity index (χ4n) is 1.90. The number of nitrogens with two attached hydrogens (primary N) is 1. The summed E-state index contributed by atoms with van der Waals surface area (Å²) in [7, 11) is 0. The molecule has 2 rings (SSSR count). The summed E-state index contributed by atoms with van der Waals surface area (Å²) in [5, 5.41) is 9.18. The molecule has 0 saturated heterocycles. The minimum Gasteiger partial charge on any atom is -0.389 e. The van der Waals surface area contributed by atoms with Crippen molar-refractivity contribution in [2.75, 3.05) is 12.3 Å². The van der Waals surface area contributed by atoms with Crippen molar-refractivity contribution >= 4 is 22.2 Å². The van der Waals surface area contributed by atoms with Gasteiger partial charge in [-0.15, -0.1) is 11.3 Å². The molecule has 2 heterocycles. The maximum atomic E-state index is 12.3. The van der Waals surface area contributed by atoms with E-state index in [1.807, 2.05) is 6.07 Å². The molecule has 8 heteroatoms. The standard InChI is InChI=1S/C10H8F3N3OS/c11-10(12,13)9(17)16-2-1-5-6(3-14)8(15)18-7(5)4-16/h1-2,4,15H2. The summed E-state index contributed by atoms with van der Waals surface area (Å²) in [6, 6.07) is 1.94. The molecule has 0 saturated carbocycles. The second-order valence-electron chi connectivity index (χ2n) is 3.83. The average Bonchev–Trinajstić information content (AvgIpc) is 2.60. The van der Waals surface area contributed by atoms with Crippen molar-refractivity contribution in [2.45, 2.75) is 19.1 Å². The number of nitrogen functional groups attached to an aromatic ring is 1. The summed E-state index contributed by atoms with van der Waals surface area (Å²) < 4.78 is 36.9. The number of thiophene rings is 1. The number of nitriles is 1. The number of hydrogen-bond acceptors (Lipinski definition) is 4. The fraction of sp³-hybridized carbons (Fsp3) is 0.400. The maximum Gasteiger partial charge on any atom is 0.471 e. The van der Waals surface area contributed by atoms with Gasteiger partial charge in [0.2, 0.25) is 0 Å². The van der Waals surface area contributed by atoms with E-state index in [1.54, 1.807) is 0 Å². The zero-order valence-electron chi connectivity index (χ0n) is 9.04. The van der Waals surface area contributed by atoms with Gasteiger partial charge in [0.15, 0.2) is 0 Å². The highest BCUT2D eigenvalue weighted by molar-refractivity contribution is 7.16. The zero-order chi connectivity index (χ0) is 13.5. The Kier molecular flexibility index (Phi) is 2.94. The summed E-state index contributed by atoms with van der Waals surface area (Å²) in [6.07, 6.45) is -4.63. The Morgan fingerprint density at radius 1 is 1.50 bits per heavy atom. The Morgan fingerprint density at radius 2 is 2.17 bits per heavy atom. The van der Waals surface area contributed by atoms with Crippen LogP contribution >= 0.6 is 11.3 Å². The lowest BCUT2D eigenvalue weighted by atomic mass is 10.0. The van der Waals surface area contributed by atoms with Crippen molar-refractivity contribution in [3.05, 3.63) is 16.0 Å². The van der Waals surface area contributed by atoms with Gasteiger partial charge in [-0.05, 0) is 12.0 Å². The van der Waals surface area contributed by atoms with Gasteiger partial charge in [-0.3, -0.25) is 4.79 Å². The minimum absolute atomic E-state index is 0.0454. The molecule has 0 radical (unpaired) electrons. The van der Waals surface area contributed by atoms with Crippen LogP contribution in [0.25, 0.3) is 0 Å². The Balaban J connectivity index is 2.27. The van der Waals surface area contributed by atoms with Crippen LogP contribution in [0.5, 0.6) is 0 Å². The molecule has 1 amide bonds. The van der Waals surface area contributed by atoms with Gasteiger partial charge in [-0.25, -0.2) is 0 Å². The Labute approximate surface area is 104 Å². The van der Waals surface area contributed by atoms with Crippen LogP contribution in [0.15, 0.2) is 0 Å². The summed E-state index contributed by atoms with van der Waals surface area (Å²) in [5.74, 6) is -1.85. The SMILES string of the molecule is N#Cc1c(N)sc2c1CCN(C(=O)C(F)(F)F)C2. The molecule has 0 spiro atoms. The molecule has 0 unspecified atom stereocenters. The number of alkyl halides is 3. The molecule has 0 atom stereocenters. The molecule has 1 aromatic rings. The number of nitrogens with zero attached hydrogens (tertiary/aromatic N) is 2. The Morgan fingerprint density at radius 3 is 2.72 bits per heavy atom. The molecule has 2 N–H and O–H groups in total. The zero-order valence-corrected chi connectivity index (χ0v) is 9.86. The second kappa shape index (κ2) is 4.17. The lowest BCUT2D eigenvalue weighted by Crippen LogP contribution is -2.43. The summed E-state index contributed by atoms with van der Waals surface area (Å²) in [6.45, 7) is -0.180. The first-order valence-electron chi connectivity index (χ1n) is 5.00. The number of halogens is 3. The van der Waals surface area contributed by atoms with Gasteiger partial charge in [-0.2, -0.15) is 18.4 Å². The highest BCUT2D eigenvalue weighted by atomic mass is 32.1. The maximum absolute atomic E-state index is 12.3. The number of carbonyl (C=O) groups is 1. The molecule has 0 aliphatic carbocycles. The molecule has 1 aliphatic heterocycles. The van der Waals surface area contributed by atoms with Crippen LogP contribution in [0.2, 0.25) is 0 Å². The van der Waals surface area contributed by atoms with Gasteiger partial charge < -0.3 is 10.6 Å². The predicted octanol–water partition coefficient (Wildman–Crippen LogP) is 1.65. The number of fused-ring (bicyclic) bond motifs is 1. The third kappa shape index (κ3) is 2.01. The van der Waals surface area contributed by atoms with Gasteiger partial charge in [0, 0.05) is 11.4 Å². The van der Waals surface area contributed by atoms with E-state index in [0.717, 1.165) is 16.2 Å². The van der Waals surface area contributed by atoms with E-state index in [0.29, 0.717) is 21.0 Å². The third-order valence-corrected chi connectivity index (χ3v) is 3.77.